The number of carboxylic acids is 1. The van der Waals surface area contributed by atoms with Crippen molar-refractivity contribution in [3.05, 3.63) is 119 Å². The van der Waals surface area contributed by atoms with Crippen molar-refractivity contribution < 1.29 is 19.4 Å². The lowest BCUT2D eigenvalue weighted by Crippen LogP contribution is -2.35. The lowest BCUT2D eigenvalue weighted by molar-refractivity contribution is -0.138. The van der Waals surface area contributed by atoms with Crippen LogP contribution in [0.2, 0.25) is 0 Å². The molecule has 0 fully saturated rings. The van der Waals surface area contributed by atoms with Gasteiger partial charge in [0, 0.05) is 41.9 Å². The number of nitrogens with two attached hydrogens (primary N) is 1. The Morgan fingerprint density at radius 3 is 1.41 bits per heavy atom. The zero-order chi connectivity index (χ0) is 31.9. The van der Waals surface area contributed by atoms with Crippen LogP contribution in [0.5, 0.6) is 23.0 Å². The van der Waals surface area contributed by atoms with Crippen molar-refractivity contribution in [2.45, 2.75) is 77.9 Å². The highest BCUT2D eigenvalue weighted by atomic mass is 16.5. The summed E-state index contributed by atoms with van der Waals surface area (Å²) in [7, 11) is 0. The van der Waals surface area contributed by atoms with E-state index in [1.807, 2.05) is 72.8 Å². The molecule has 0 aliphatic rings. The van der Waals surface area contributed by atoms with Crippen LogP contribution < -0.4 is 15.2 Å². The normalized spacial score (nSPS) is 12.6. The number of aliphatic carboxylic acids is 1. The smallest absolute Gasteiger partial charge is 0.320 e. The highest BCUT2D eigenvalue weighted by Gasteiger charge is 2.22. The minimum Gasteiger partial charge on any atom is -0.480 e. The van der Waals surface area contributed by atoms with Crippen LogP contribution in [0, 0.1) is 0 Å². The van der Waals surface area contributed by atoms with Crippen molar-refractivity contribution in [1.29, 1.82) is 0 Å². The predicted octanol–water partition coefficient (Wildman–Crippen LogP) is 8.67. The molecule has 4 rings (SSSR count). The highest BCUT2D eigenvalue weighted by Crippen LogP contribution is 2.37. The van der Waals surface area contributed by atoms with E-state index >= 15 is 0 Å². The Kier molecular flexibility index (Phi) is 10.5. The third kappa shape index (κ3) is 8.71. The summed E-state index contributed by atoms with van der Waals surface area (Å²) in [4.78, 5) is 13.8. The maximum Gasteiger partial charge on any atom is 0.320 e. The number of nitrogens with zero attached hydrogens (tertiary/aromatic N) is 1. The number of hydrogen-bond donors (Lipinski definition) is 2. The Morgan fingerprint density at radius 1 is 0.659 bits per heavy atom. The fraction of sp³-hybridized carbons (Fsp3) is 0.342. The molecule has 0 saturated heterocycles. The first-order valence-electron chi connectivity index (χ1n) is 15.2. The first kappa shape index (κ1) is 32.8. The summed E-state index contributed by atoms with van der Waals surface area (Å²) in [5.41, 5.74) is 10.0. The van der Waals surface area contributed by atoms with Gasteiger partial charge in [0.25, 0.3) is 0 Å². The molecule has 6 nitrogen and oxygen atoms in total. The molecule has 0 aliphatic carbocycles. The standard InChI is InChI=1S/C38H46N2O4/c1-37(2,3)29-17-9-13-21-34(29)43-32-19-11-7-15-27(32)25-40(24-23-31(39)36(41)42)26-28-16-8-12-20-33(28)44-35-22-14-10-18-30(35)38(4,5)6/h7-22,31H,23-26,39H2,1-6H3,(H,41,42)/t31-/m0/s1. The van der Waals surface area contributed by atoms with Gasteiger partial charge >= 0.3 is 5.97 Å². The molecular formula is C38H46N2O4. The van der Waals surface area contributed by atoms with E-state index in [0.29, 0.717) is 26.1 Å². The summed E-state index contributed by atoms with van der Waals surface area (Å²) in [6.07, 6.45) is 0.307. The number of carboxylic acid groups (broad SMARTS) is 1. The molecule has 0 unspecified atom stereocenters. The van der Waals surface area contributed by atoms with E-state index in [0.717, 1.165) is 45.3 Å². The summed E-state index contributed by atoms with van der Waals surface area (Å²) in [5.74, 6) is 2.17. The summed E-state index contributed by atoms with van der Waals surface area (Å²) in [6.45, 7) is 14.6. The Labute approximate surface area is 262 Å². The maximum atomic E-state index is 11.6. The van der Waals surface area contributed by atoms with Crippen molar-refractivity contribution in [3.63, 3.8) is 0 Å². The average Bonchev–Trinajstić information content (AvgIpc) is 2.97. The van der Waals surface area contributed by atoms with Crippen LogP contribution in [0.25, 0.3) is 0 Å². The van der Waals surface area contributed by atoms with Gasteiger partial charge in [0.1, 0.15) is 29.0 Å². The molecule has 44 heavy (non-hydrogen) atoms. The number of benzene rings is 4. The zero-order valence-electron chi connectivity index (χ0n) is 26.8. The number of rotatable bonds is 12. The Balaban J connectivity index is 1.64. The number of ether oxygens (including phenoxy) is 2. The Bertz CT molecular complexity index is 1450. The fourth-order valence-corrected chi connectivity index (χ4v) is 5.20. The van der Waals surface area contributed by atoms with Crippen molar-refractivity contribution in [1.82, 2.24) is 4.90 Å². The third-order valence-electron chi connectivity index (χ3n) is 7.64. The molecule has 0 amide bonds. The first-order chi connectivity index (χ1) is 20.8. The van der Waals surface area contributed by atoms with E-state index in [4.69, 9.17) is 15.2 Å². The first-order valence-corrected chi connectivity index (χ1v) is 15.2. The van der Waals surface area contributed by atoms with Gasteiger partial charge in [-0.25, -0.2) is 0 Å². The zero-order valence-corrected chi connectivity index (χ0v) is 26.8. The van der Waals surface area contributed by atoms with Crippen LogP contribution in [-0.4, -0.2) is 28.6 Å². The van der Waals surface area contributed by atoms with Gasteiger partial charge in [0.15, 0.2) is 0 Å². The van der Waals surface area contributed by atoms with Gasteiger partial charge < -0.3 is 20.3 Å². The maximum absolute atomic E-state index is 11.6. The third-order valence-corrected chi connectivity index (χ3v) is 7.64. The summed E-state index contributed by atoms with van der Waals surface area (Å²) >= 11 is 0. The molecule has 0 spiro atoms. The topological polar surface area (TPSA) is 85.0 Å². The number of para-hydroxylation sites is 4. The van der Waals surface area contributed by atoms with E-state index in [1.165, 1.54) is 0 Å². The monoisotopic (exact) mass is 594 g/mol. The second-order valence-corrected chi connectivity index (χ2v) is 13.4. The van der Waals surface area contributed by atoms with Gasteiger partial charge in [-0.05, 0) is 41.5 Å². The molecule has 0 aliphatic heterocycles. The Hall–Kier alpha value is -4.13. The van der Waals surface area contributed by atoms with Crippen LogP contribution in [0.3, 0.4) is 0 Å². The number of carbonyl (C=O) groups is 1. The number of hydrogen-bond acceptors (Lipinski definition) is 5. The largest absolute Gasteiger partial charge is 0.480 e. The molecule has 3 N–H and O–H groups in total. The molecule has 0 radical (unpaired) electrons. The average molecular weight is 595 g/mol. The summed E-state index contributed by atoms with van der Waals surface area (Å²) in [6, 6.07) is 31.3. The molecule has 0 aromatic heterocycles. The highest BCUT2D eigenvalue weighted by molar-refractivity contribution is 5.73. The van der Waals surface area contributed by atoms with Crippen molar-refractivity contribution in [3.8, 4) is 23.0 Å². The van der Waals surface area contributed by atoms with Crippen molar-refractivity contribution in [2.24, 2.45) is 5.73 Å². The van der Waals surface area contributed by atoms with E-state index < -0.39 is 12.0 Å². The van der Waals surface area contributed by atoms with Crippen LogP contribution in [0.1, 0.15) is 70.2 Å². The van der Waals surface area contributed by atoms with Crippen molar-refractivity contribution >= 4 is 5.97 Å². The minimum absolute atomic E-state index is 0.0835. The van der Waals surface area contributed by atoms with E-state index in [1.54, 1.807) is 0 Å². The predicted molar refractivity (Wildman–Crippen MR) is 178 cm³/mol. The van der Waals surface area contributed by atoms with Gasteiger partial charge in [-0.15, -0.1) is 0 Å². The van der Waals surface area contributed by atoms with Crippen LogP contribution >= 0.6 is 0 Å². The van der Waals surface area contributed by atoms with Gasteiger partial charge in [0.05, 0.1) is 0 Å². The molecular weight excluding hydrogens is 548 g/mol. The quantitative estimate of drug-likeness (QED) is 0.171. The molecule has 232 valence electrons. The molecule has 4 aromatic carbocycles. The van der Waals surface area contributed by atoms with E-state index in [-0.39, 0.29) is 10.8 Å². The molecule has 0 saturated carbocycles. The second-order valence-electron chi connectivity index (χ2n) is 13.4. The van der Waals surface area contributed by atoms with Crippen LogP contribution in [0.4, 0.5) is 0 Å². The molecule has 0 heterocycles. The van der Waals surface area contributed by atoms with Gasteiger partial charge in [0.2, 0.25) is 0 Å². The molecule has 0 bridgehead atoms. The molecule has 6 heteroatoms. The summed E-state index contributed by atoms with van der Waals surface area (Å²) < 4.78 is 13.1. The van der Waals surface area contributed by atoms with Gasteiger partial charge in [-0.2, -0.15) is 0 Å². The second kappa shape index (κ2) is 14.1. The van der Waals surface area contributed by atoms with E-state index in [9.17, 15) is 9.90 Å². The fourth-order valence-electron chi connectivity index (χ4n) is 5.20. The van der Waals surface area contributed by atoms with Crippen LogP contribution in [-0.2, 0) is 28.7 Å². The SMILES string of the molecule is CC(C)(C)c1ccccc1Oc1ccccc1CN(CC[C@H](N)C(=O)O)Cc1ccccc1Oc1ccccc1C(C)(C)C. The minimum atomic E-state index is -1.00. The van der Waals surface area contributed by atoms with E-state index in [2.05, 4.69) is 70.7 Å². The molecule has 1 atom stereocenters. The van der Waals surface area contributed by atoms with Gasteiger partial charge in [-0.1, -0.05) is 114 Å². The van der Waals surface area contributed by atoms with Crippen molar-refractivity contribution in [2.75, 3.05) is 6.54 Å². The Morgan fingerprint density at radius 2 is 1.02 bits per heavy atom. The van der Waals surface area contributed by atoms with Gasteiger partial charge in [-0.3, -0.25) is 9.69 Å². The summed E-state index contributed by atoms with van der Waals surface area (Å²) in [5, 5.41) is 9.49. The lowest BCUT2D eigenvalue weighted by Gasteiger charge is -2.27. The van der Waals surface area contributed by atoms with Crippen LogP contribution in [0.15, 0.2) is 97.1 Å². The lowest BCUT2D eigenvalue weighted by atomic mass is 9.86. The molecule has 4 aromatic rings.